The number of hydrogen-bond acceptors (Lipinski definition) is 7. The van der Waals surface area contributed by atoms with Crippen LogP contribution in [-0.4, -0.2) is 46.4 Å². The first-order valence-electron chi connectivity index (χ1n) is 10.9. The number of furan rings is 1. The summed E-state index contributed by atoms with van der Waals surface area (Å²) in [6, 6.07) is 7.44. The van der Waals surface area contributed by atoms with E-state index >= 15 is 0 Å². The van der Waals surface area contributed by atoms with Crippen LogP contribution in [0.1, 0.15) is 17.7 Å². The molecule has 3 aromatic heterocycles. The predicted molar refractivity (Wildman–Crippen MR) is 121 cm³/mol. The molecule has 0 aliphatic carbocycles. The lowest BCUT2D eigenvalue weighted by atomic mass is 10.1. The van der Waals surface area contributed by atoms with Crippen LogP contribution in [0.3, 0.4) is 0 Å². The van der Waals surface area contributed by atoms with Crippen LogP contribution in [0.15, 0.2) is 64.4 Å². The first kappa shape index (κ1) is 24.8. The van der Waals surface area contributed by atoms with Gasteiger partial charge in [-0.15, -0.1) is 0 Å². The van der Waals surface area contributed by atoms with Crippen LogP contribution < -0.4 is 5.32 Å². The molecule has 1 aromatic carbocycles. The van der Waals surface area contributed by atoms with Crippen LogP contribution in [-0.2, 0) is 27.5 Å². The Labute approximate surface area is 207 Å². The van der Waals surface area contributed by atoms with E-state index in [9.17, 15) is 30.8 Å². The predicted octanol–water partition coefficient (Wildman–Crippen LogP) is 3.52. The zero-order valence-corrected chi connectivity index (χ0v) is 19.6. The number of aromatic nitrogens is 3. The lowest BCUT2D eigenvalue weighted by Gasteiger charge is -2.37. The molecule has 1 amide bonds. The maximum atomic E-state index is 13.4. The monoisotopic (exact) mass is 535 g/mol. The second-order valence-corrected chi connectivity index (χ2v) is 10.1. The van der Waals surface area contributed by atoms with Gasteiger partial charge in [0, 0.05) is 29.8 Å². The molecule has 14 heteroatoms. The second kappa shape index (κ2) is 9.19. The molecular weight excluding hydrogens is 518 g/mol. The van der Waals surface area contributed by atoms with E-state index < -0.39 is 44.6 Å². The highest BCUT2D eigenvalue weighted by Gasteiger charge is 2.44. The van der Waals surface area contributed by atoms with Crippen molar-refractivity contribution in [3.05, 3.63) is 71.9 Å². The molecule has 1 aliphatic rings. The van der Waals surface area contributed by atoms with Crippen molar-refractivity contribution in [3.8, 4) is 11.3 Å². The number of nitrogens with zero attached hydrogens (tertiary/aromatic N) is 4. The molecule has 4 aromatic rings. The Morgan fingerprint density at radius 2 is 1.95 bits per heavy atom. The van der Waals surface area contributed by atoms with Crippen LogP contribution in [0.4, 0.5) is 17.6 Å². The van der Waals surface area contributed by atoms with Gasteiger partial charge in [-0.05, 0) is 42.8 Å². The molecular formula is C23H17F4N5O4S. The molecule has 1 saturated heterocycles. The van der Waals surface area contributed by atoms with E-state index in [0.717, 1.165) is 22.5 Å². The van der Waals surface area contributed by atoms with Crippen molar-refractivity contribution in [2.24, 2.45) is 0 Å². The number of fused-ring (bicyclic) bond motifs is 1. The summed E-state index contributed by atoms with van der Waals surface area (Å²) in [5.41, 5.74) is 0.225. The van der Waals surface area contributed by atoms with Gasteiger partial charge in [-0.1, -0.05) is 0 Å². The third-order valence-corrected chi connectivity index (χ3v) is 7.59. The zero-order chi connectivity index (χ0) is 26.4. The topological polar surface area (TPSA) is 118 Å². The summed E-state index contributed by atoms with van der Waals surface area (Å²) in [7, 11) is -4.14. The van der Waals surface area contributed by atoms with Gasteiger partial charge in [0.2, 0.25) is 11.0 Å². The maximum absolute atomic E-state index is 13.4. The maximum Gasteiger partial charge on any atom is 0.417 e. The molecule has 5 rings (SSSR count). The molecule has 1 N–H and O–H groups in total. The van der Waals surface area contributed by atoms with Gasteiger partial charge in [0.15, 0.2) is 0 Å². The number of benzene rings is 1. The summed E-state index contributed by atoms with van der Waals surface area (Å²) in [6.07, 6.45) is -2.20. The Morgan fingerprint density at radius 3 is 2.62 bits per heavy atom. The fraction of sp³-hybridized carbons (Fsp3) is 0.217. The number of halogens is 4. The number of carbonyl (C=O) groups excluding carboxylic acids is 1. The number of alkyl halides is 3. The highest BCUT2D eigenvalue weighted by molar-refractivity contribution is 7.89. The highest BCUT2D eigenvalue weighted by Crippen LogP contribution is 2.32. The molecule has 0 radical (unpaired) electrons. The summed E-state index contributed by atoms with van der Waals surface area (Å²) in [4.78, 5) is 16.5. The van der Waals surface area contributed by atoms with Gasteiger partial charge in [-0.3, -0.25) is 9.78 Å². The molecule has 0 saturated carbocycles. The number of hydrogen-bond donors (Lipinski definition) is 1. The zero-order valence-electron chi connectivity index (χ0n) is 18.7. The Morgan fingerprint density at radius 1 is 1.14 bits per heavy atom. The van der Waals surface area contributed by atoms with E-state index in [0.29, 0.717) is 17.5 Å². The minimum atomic E-state index is -4.51. The van der Waals surface area contributed by atoms with Crippen LogP contribution in [0, 0.1) is 5.82 Å². The molecule has 192 valence electrons. The van der Waals surface area contributed by atoms with Crippen molar-refractivity contribution >= 4 is 26.9 Å². The number of pyridine rings is 1. The summed E-state index contributed by atoms with van der Waals surface area (Å²) >= 11 is 0. The molecule has 0 spiro atoms. The average molecular weight is 535 g/mol. The van der Waals surface area contributed by atoms with Crippen LogP contribution >= 0.6 is 0 Å². The van der Waals surface area contributed by atoms with Gasteiger partial charge in [0.25, 0.3) is 10.0 Å². The van der Waals surface area contributed by atoms with Gasteiger partial charge < -0.3 is 9.73 Å². The molecule has 1 fully saturated rings. The van der Waals surface area contributed by atoms with Gasteiger partial charge in [0.05, 0.1) is 29.7 Å². The fourth-order valence-electron chi connectivity index (χ4n) is 3.81. The molecule has 9 nitrogen and oxygen atoms in total. The second-order valence-electron chi connectivity index (χ2n) is 8.25. The van der Waals surface area contributed by atoms with Gasteiger partial charge in [0.1, 0.15) is 17.4 Å². The quantitative estimate of drug-likeness (QED) is 0.376. The SMILES string of the molecule is O=C(NCc1cc(-c2ccc(C(F)(F)F)cn2)cnn1)[C@@H]1CCN1S(=O)(=O)c1cc2cc(F)ccc2o1. The Hall–Kier alpha value is -3.91. The molecule has 4 heterocycles. The van der Waals surface area contributed by atoms with Crippen molar-refractivity contribution in [2.75, 3.05) is 6.54 Å². The van der Waals surface area contributed by atoms with Crippen molar-refractivity contribution in [2.45, 2.75) is 30.3 Å². The van der Waals surface area contributed by atoms with E-state index in [4.69, 9.17) is 4.42 Å². The summed E-state index contributed by atoms with van der Waals surface area (Å²) in [5, 5.41) is 10.2. The van der Waals surface area contributed by atoms with Crippen LogP contribution in [0.25, 0.3) is 22.2 Å². The van der Waals surface area contributed by atoms with E-state index in [-0.39, 0.29) is 36.2 Å². The minimum absolute atomic E-state index is 0.0979. The van der Waals surface area contributed by atoms with Crippen molar-refractivity contribution in [3.63, 3.8) is 0 Å². The molecule has 1 aliphatic heterocycles. The molecule has 0 unspecified atom stereocenters. The number of carbonyl (C=O) groups is 1. The highest BCUT2D eigenvalue weighted by atomic mass is 32.2. The van der Waals surface area contributed by atoms with Crippen LogP contribution in [0.5, 0.6) is 0 Å². The largest absolute Gasteiger partial charge is 0.443 e. The third-order valence-electron chi connectivity index (χ3n) is 5.83. The van der Waals surface area contributed by atoms with E-state index in [1.165, 1.54) is 30.5 Å². The minimum Gasteiger partial charge on any atom is -0.443 e. The van der Waals surface area contributed by atoms with Crippen LogP contribution in [0.2, 0.25) is 0 Å². The number of rotatable bonds is 6. The number of amides is 1. The first-order valence-corrected chi connectivity index (χ1v) is 12.3. The van der Waals surface area contributed by atoms with E-state index in [2.05, 4.69) is 20.5 Å². The normalized spacial score (nSPS) is 16.5. The van der Waals surface area contributed by atoms with Crippen molar-refractivity contribution < 1.29 is 35.2 Å². The average Bonchev–Trinajstić information content (AvgIpc) is 3.26. The fourth-order valence-corrected chi connectivity index (χ4v) is 5.39. The summed E-state index contributed by atoms with van der Waals surface area (Å²) < 4.78 is 84.1. The molecule has 0 bridgehead atoms. The molecule has 1 atom stereocenters. The van der Waals surface area contributed by atoms with E-state index in [1.54, 1.807) is 0 Å². The third kappa shape index (κ3) is 4.89. The lowest BCUT2D eigenvalue weighted by Crippen LogP contribution is -2.57. The van der Waals surface area contributed by atoms with Crippen molar-refractivity contribution in [1.29, 1.82) is 0 Å². The Kier molecular flexibility index (Phi) is 6.15. The smallest absolute Gasteiger partial charge is 0.417 e. The Bertz CT molecular complexity index is 1590. The van der Waals surface area contributed by atoms with Crippen molar-refractivity contribution in [1.82, 2.24) is 24.8 Å². The lowest BCUT2D eigenvalue weighted by molar-refractivity contribution is -0.137. The number of sulfonamides is 1. The van der Waals surface area contributed by atoms with Gasteiger partial charge >= 0.3 is 6.18 Å². The molecule has 37 heavy (non-hydrogen) atoms. The Balaban J connectivity index is 1.25. The summed E-state index contributed by atoms with van der Waals surface area (Å²) in [5.74, 6) is -1.11. The van der Waals surface area contributed by atoms with E-state index in [1.807, 2.05) is 0 Å². The number of nitrogens with one attached hydrogen (secondary N) is 1. The van der Waals surface area contributed by atoms with Gasteiger partial charge in [-0.25, -0.2) is 12.8 Å². The standard InChI is InChI=1S/C23H17F4N5O4S/c24-16-2-4-20-13(7-16)9-21(36-20)37(34,35)32-6-5-19(32)22(33)29-12-17-8-14(10-30-31-17)18-3-1-15(11-28-18)23(25,26)27/h1-4,7-11,19H,5-6,12H2,(H,29,33)/t19-/m0/s1. The first-order chi connectivity index (χ1) is 17.5. The summed E-state index contributed by atoms with van der Waals surface area (Å²) in [6.45, 7) is -0.00465. The van der Waals surface area contributed by atoms with Gasteiger partial charge in [-0.2, -0.15) is 27.7 Å².